The van der Waals surface area contributed by atoms with E-state index in [4.69, 9.17) is 4.74 Å². The summed E-state index contributed by atoms with van der Waals surface area (Å²) >= 11 is 0. The lowest BCUT2D eigenvalue weighted by molar-refractivity contribution is 0.182. The van der Waals surface area contributed by atoms with Gasteiger partial charge in [-0.25, -0.2) is 12.7 Å². The molecule has 1 aromatic rings. The summed E-state index contributed by atoms with van der Waals surface area (Å²) in [6.45, 7) is 3.98. The lowest BCUT2D eigenvalue weighted by Gasteiger charge is -2.20. The second-order valence-corrected chi connectivity index (χ2v) is 7.06. The van der Waals surface area contributed by atoms with E-state index in [9.17, 15) is 8.42 Å². The number of nitrogens with zero attached hydrogens (tertiary/aromatic N) is 1. The van der Waals surface area contributed by atoms with Crippen molar-refractivity contribution in [2.45, 2.75) is 24.7 Å². The van der Waals surface area contributed by atoms with Gasteiger partial charge in [0, 0.05) is 20.2 Å². The standard InChI is InChI=1S/C14H21NO3S/c1-3-12-4-6-14(7-5-12)19(16,17)15(2)10-13-8-9-18-11-13/h4-7,13H,3,8-11H2,1-2H3. The van der Waals surface area contributed by atoms with Crippen LogP contribution in [-0.2, 0) is 21.2 Å². The maximum absolute atomic E-state index is 12.4. The molecule has 1 aromatic carbocycles. The quantitative estimate of drug-likeness (QED) is 0.829. The van der Waals surface area contributed by atoms with Crippen LogP contribution in [0.2, 0.25) is 0 Å². The number of rotatable bonds is 5. The van der Waals surface area contributed by atoms with Gasteiger partial charge in [-0.3, -0.25) is 0 Å². The second-order valence-electron chi connectivity index (χ2n) is 5.01. The van der Waals surface area contributed by atoms with Gasteiger partial charge in [0.15, 0.2) is 0 Å². The molecule has 1 saturated heterocycles. The van der Waals surface area contributed by atoms with Crippen LogP contribution in [-0.4, -0.2) is 39.5 Å². The molecule has 0 N–H and O–H groups in total. The fraction of sp³-hybridized carbons (Fsp3) is 0.571. The Bertz CT molecular complexity index is 504. The van der Waals surface area contributed by atoms with Crippen LogP contribution in [0.1, 0.15) is 18.9 Å². The van der Waals surface area contributed by atoms with Gasteiger partial charge >= 0.3 is 0 Å². The lowest BCUT2D eigenvalue weighted by atomic mass is 10.1. The molecule has 1 heterocycles. The van der Waals surface area contributed by atoms with Crippen LogP contribution in [0.15, 0.2) is 29.2 Å². The number of aryl methyl sites for hydroxylation is 1. The van der Waals surface area contributed by atoms with Crippen molar-refractivity contribution in [1.29, 1.82) is 0 Å². The molecule has 1 aliphatic heterocycles. The number of sulfonamides is 1. The fourth-order valence-corrected chi connectivity index (χ4v) is 3.51. The van der Waals surface area contributed by atoms with Gasteiger partial charge in [0.25, 0.3) is 0 Å². The molecule has 1 fully saturated rings. The zero-order valence-electron chi connectivity index (χ0n) is 11.5. The van der Waals surface area contributed by atoms with Gasteiger partial charge in [0.1, 0.15) is 0 Å². The average Bonchev–Trinajstić information content (AvgIpc) is 2.91. The third-order valence-corrected chi connectivity index (χ3v) is 5.42. The predicted octanol–water partition coefficient (Wildman–Crippen LogP) is 1.91. The van der Waals surface area contributed by atoms with E-state index in [0.717, 1.165) is 25.0 Å². The molecule has 0 saturated carbocycles. The summed E-state index contributed by atoms with van der Waals surface area (Å²) in [5.74, 6) is 0.315. The van der Waals surface area contributed by atoms with Gasteiger partial charge in [0.2, 0.25) is 10.0 Å². The molecule has 1 aliphatic rings. The van der Waals surface area contributed by atoms with Crippen molar-refractivity contribution in [3.63, 3.8) is 0 Å². The minimum atomic E-state index is -3.37. The van der Waals surface area contributed by atoms with E-state index >= 15 is 0 Å². The van der Waals surface area contributed by atoms with Gasteiger partial charge in [-0.05, 0) is 36.5 Å². The monoisotopic (exact) mass is 283 g/mol. The van der Waals surface area contributed by atoms with Gasteiger partial charge in [-0.15, -0.1) is 0 Å². The maximum atomic E-state index is 12.4. The van der Waals surface area contributed by atoms with Crippen LogP contribution in [0.25, 0.3) is 0 Å². The first kappa shape index (κ1) is 14.5. The Kier molecular flexibility index (Phi) is 4.60. The second kappa shape index (κ2) is 6.03. The lowest BCUT2D eigenvalue weighted by Crippen LogP contribution is -2.32. The Hall–Kier alpha value is -0.910. The SMILES string of the molecule is CCc1ccc(S(=O)(=O)N(C)CC2CCOC2)cc1. The minimum Gasteiger partial charge on any atom is -0.381 e. The molecular formula is C14H21NO3S. The molecule has 19 heavy (non-hydrogen) atoms. The topological polar surface area (TPSA) is 46.6 Å². The van der Waals surface area contributed by atoms with E-state index in [-0.39, 0.29) is 0 Å². The molecule has 1 unspecified atom stereocenters. The Morgan fingerprint density at radius 1 is 1.32 bits per heavy atom. The number of hydrogen-bond acceptors (Lipinski definition) is 3. The summed E-state index contributed by atoms with van der Waals surface area (Å²) < 4.78 is 31.5. The van der Waals surface area contributed by atoms with Crippen molar-refractivity contribution in [1.82, 2.24) is 4.31 Å². The van der Waals surface area contributed by atoms with E-state index in [1.165, 1.54) is 4.31 Å². The van der Waals surface area contributed by atoms with Gasteiger partial charge < -0.3 is 4.74 Å². The third kappa shape index (κ3) is 3.35. The molecule has 0 radical (unpaired) electrons. The Morgan fingerprint density at radius 2 is 2.00 bits per heavy atom. The highest BCUT2D eigenvalue weighted by Crippen LogP contribution is 2.19. The van der Waals surface area contributed by atoms with Gasteiger partial charge in [-0.1, -0.05) is 19.1 Å². The molecule has 0 amide bonds. The van der Waals surface area contributed by atoms with Gasteiger partial charge in [-0.2, -0.15) is 0 Å². The number of hydrogen-bond donors (Lipinski definition) is 0. The summed E-state index contributed by atoms with van der Waals surface area (Å²) in [4.78, 5) is 0.367. The fourth-order valence-electron chi connectivity index (χ4n) is 2.27. The summed E-state index contributed by atoms with van der Waals surface area (Å²) in [7, 11) is -1.73. The zero-order valence-corrected chi connectivity index (χ0v) is 12.3. The number of benzene rings is 1. The van der Waals surface area contributed by atoms with Crippen molar-refractivity contribution in [2.75, 3.05) is 26.8 Å². The van der Waals surface area contributed by atoms with Crippen LogP contribution < -0.4 is 0 Å². The zero-order chi connectivity index (χ0) is 13.9. The van der Waals surface area contributed by atoms with Crippen LogP contribution >= 0.6 is 0 Å². The molecule has 2 rings (SSSR count). The molecule has 1 atom stereocenters. The van der Waals surface area contributed by atoms with E-state index in [0.29, 0.717) is 24.0 Å². The molecule has 0 aliphatic carbocycles. The van der Waals surface area contributed by atoms with Crippen molar-refractivity contribution < 1.29 is 13.2 Å². The van der Waals surface area contributed by atoms with E-state index in [2.05, 4.69) is 6.92 Å². The highest BCUT2D eigenvalue weighted by atomic mass is 32.2. The molecule has 106 valence electrons. The van der Waals surface area contributed by atoms with Crippen molar-refractivity contribution in [3.8, 4) is 0 Å². The Balaban J connectivity index is 2.10. The summed E-state index contributed by atoms with van der Waals surface area (Å²) in [6.07, 6.45) is 1.85. The summed E-state index contributed by atoms with van der Waals surface area (Å²) in [5.41, 5.74) is 1.14. The molecule has 0 aromatic heterocycles. The smallest absolute Gasteiger partial charge is 0.242 e. The third-order valence-electron chi connectivity index (χ3n) is 3.58. The molecule has 0 bridgehead atoms. The number of ether oxygens (including phenoxy) is 1. The highest BCUT2D eigenvalue weighted by molar-refractivity contribution is 7.89. The highest BCUT2D eigenvalue weighted by Gasteiger charge is 2.25. The Morgan fingerprint density at radius 3 is 2.53 bits per heavy atom. The first-order chi connectivity index (χ1) is 9.04. The Labute approximate surface area is 115 Å². The molecule has 4 nitrogen and oxygen atoms in total. The summed E-state index contributed by atoms with van der Waals surface area (Å²) in [6, 6.07) is 7.13. The van der Waals surface area contributed by atoms with Crippen molar-refractivity contribution >= 4 is 10.0 Å². The summed E-state index contributed by atoms with van der Waals surface area (Å²) in [5, 5.41) is 0. The molecular weight excluding hydrogens is 262 g/mol. The van der Waals surface area contributed by atoms with Crippen LogP contribution in [0, 0.1) is 5.92 Å². The maximum Gasteiger partial charge on any atom is 0.242 e. The van der Waals surface area contributed by atoms with E-state index < -0.39 is 10.0 Å². The van der Waals surface area contributed by atoms with E-state index in [1.807, 2.05) is 12.1 Å². The molecule has 0 spiro atoms. The average molecular weight is 283 g/mol. The minimum absolute atomic E-state index is 0.315. The van der Waals surface area contributed by atoms with Crippen molar-refractivity contribution in [3.05, 3.63) is 29.8 Å². The first-order valence-electron chi connectivity index (χ1n) is 6.67. The normalized spacial score (nSPS) is 20.1. The predicted molar refractivity (Wildman–Crippen MR) is 74.6 cm³/mol. The van der Waals surface area contributed by atoms with Crippen LogP contribution in [0.3, 0.4) is 0 Å². The molecule has 5 heteroatoms. The van der Waals surface area contributed by atoms with Gasteiger partial charge in [0.05, 0.1) is 11.5 Å². The largest absolute Gasteiger partial charge is 0.381 e. The first-order valence-corrected chi connectivity index (χ1v) is 8.11. The van der Waals surface area contributed by atoms with E-state index in [1.54, 1.807) is 19.2 Å². The van der Waals surface area contributed by atoms with Crippen LogP contribution in [0.5, 0.6) is 0 Å². The van der Waals surface area contributed by atoms with Crippen LogP contribution in [0.4, 0.5) is 0 Å². The van der Waals surface area contributed by atoms with Crippen molar-refractivity contribution in [2.24, 2.45) is 5.92 Å².